The van der Waals surface area contributed by atoms with Crippen LogP contribution in [0.5, 0.6) is 0 Å². The monoisotopic (exact) mass is 448 g/mol. The van der Waals surface area contributed by atoms with Gasteiger partial charge in [0.05, 0.1) is 17.7 Å². The van der Waals surface area contributed by atoms with Gasteiger partial charge in [-0.05, 0) is 32.5 Å². The van der Waals surface area contributed by atoms with E-state index in [-0.39, 0.29) is 18.4 Å². The SMILES string of the molecule is Cc1nc(N2CCN(C)CC2)c2nc(-c3ccccc3Cl)n([C@@H]3CCOC3)c2n1.Cl. The van der Waals surface area contributed by atoms with Gasteiger partial charge in [-0.1, -0.05) is 23.7 Å². The fraction of sp³-hybridized carbons (Fsp3) is 0.476. The number of aryl methyl sites for hydroxylation is 1. The lowest BCUT2D eigenvalue weighted by molar-refractivity contribution is 0.187. The maximum Gasteiger partial charge on any atom is 0.166 e. The molecule has 3 aromatic rings. The summed E-state index contributed by atoms with van der Waals surface area (Å²) >= 11 is 6.56. The van der Waals surface area contributed by atoms with Crippen LogP contribution in [0.25, 0.3) is 22.6 Å². The first-order valence-electron chi connectivity index (χ1n) is 10.1. The van der Waals surface area contributed by atoms with Crippen molar-refractivity contribution in [1.82, 2.24) is 24.4 Å². The molecule has 0 amide bonds. The number of benzene rings is 1. The normalized spacial score (nSPS) is 20.0. The summed E-state index contributed by atoms with van der Waals surface area (Å²) in [7, 11) is 2.16. The van der Waals surface area contributed by atoms with Gasteiger partial charge in [-0.25, -0.2) is 15.0 Å². The van der Waals surface area contributed by atoms with Crippen LogP contribution in [-0.2, 0) is 4.74 Å². The summed E-state index contributed by atoms with van der Waals surface area (Å²) in [6.45, 7) is 7.26. The van der Waals surface area contributed by atoms with E-state index in [9.17, 15) is 0 Å². The molecule has 160 valence electrons. The molecule has 2 aliphatic rings. The lowest BCUT2D eigenvalue weighted by atomic mass is 10.2. The van der Waals surface area contributed by atoms with Gasteiger partial charge in [0.2, 0.25) is 0 Å². The summed E-state index contributed by atoms with van der Waals surface area (Å²) in [5, 5.41) is 0.689. The molecule has 0 bridgehead atoms. The zero-order chi connectivity index (χ0) is 20.0. The third-order valence-electron chi connectivity index (χ3n) is 5.82. The number of nitrogens with zero attached hydrogens (tertiary/aromatic N) is 6. The lowest BCUT2D eigenvalue weighted by Gasteiger charge is -2.33. The van der Waals surface area contributed by atoms with Crippen LogP contribution in [0.1, 0.15) is 18.3 Å². The minimum absolute atomic E-state index is 0. The number of imidazole rings is 1. The van der Waals surface area contributed by atoms with E-state index in [2.05, 4.69) is 21.4 Å². The van der Waals surface area contributed by atoms with Gasteiger partial charge in [-0.15, -0.1) is 12.4 Å². The molecule has 9 heteroatoms. The third-order valence-corrected chi connectivity index (χ3v) is 6.15. The predicted octanol–water partition coefficient (Wildman–Crippen LogP) is 3.59. The molecule has 7 nitrogen and oxygen atoms in total. The molecule has 2 saturated heterocycles. The fourth-order valence-electron chi connectivity index (χ4n) is 4.21. The number of fused-ring (bicyclic) bond motifs is 1. The maximum atomic E-state index is 6.56. The van der Waals surface area contributed by atoms with Crippen LogP contribution in [0, 0.1) is 6.92 Å². The van der Waals surface area contributed by atoms with Crippen molar-refractivity contribution in [1.29, 1.82) is 0 Å². The Morgan fingerprint density at radius 3 is 2.53 bits per heavy atom. The number of rotatable bonds is 3. The van der Waals surface area contributed by atoms with Crippen LogP contribution in [-0.4, -0.2) is 70.9 Å². The van der Waals surface area contributed by atoms with Gasteiger partial charge in [0, 0.05) is 38.3 Å². The smallest absolute Gasteiger partial charge is 0.166 e. The van der Waals surface area contributed by atoms with Gasteiger partial charge in [-0.2, -0.15) is 0 Å². The van der Waals surface area contributed by atoms with Crippen LogP contribution in [0.2, 0.25) is 5.02 Å². The van der Waals surface area contributed by atoms with Crippen LogP contribution < -0.4 is 4.90 Å². The molecule has 0 N–H and O–H groups in total. The van der Waals surface area contributed by atoms with Crippen molar-refractivity contribution in [3.63, 3.8) is 0 Å². The minimum atomic E-state index is 0. The molecule has 2 fully saturated rings. The highest BCUT2D eigenvalue weighted by molar-refractivity contribution is 6.33. The summed E-state index contributed by atoms with van der Waals surface area (Å²) in [5.41, 5.74) is 2.64. The van der Waals surface area contributed by atoms with Crippen molar-refractivity contribution in [3.8, 4) is 11.4 Å². The van der Waals surface area contributed by atoms with Gasteiger partial charge < -0.3 is 19.1 Å². The van der Waals surface area contributed by atoms with Gasteiger partial charge in [0.1, 0.15) is 11.6 Å². The number of piperazine rings is 1. The molecule has 30 heavy (non-hydrogen) atoms. The molecule has 0 spiro atoms. The van der Waals surface area contributed by atoms with Gasteiger partial charge in [0.15, 0.2) is 17.0 Å². The summed E-state index contributed by atoms with van der Waals surface area (Å²) in [5.74, 6) is 2.53. The van der Waals surface area contributed by atoms with E-state index in [4.69, 9.17) is 31.3 Å². The van der Waals surface area contributed by atoms with E-state index in [1.807, 2.05) is 31.2 Å². The third kappa shape index (κ3) is 3.75. The number of likely N-dealkylation sites (N-methyl/N-ethyl adjacent to an activating group) is 1. The Balaban J connectivity index is 0.00000218. The fourth-order valence-corrected chi connectivity index (χ4v) is 4.43. The van der Waals surface area contributed by atoms with Crippen LogP contribution in [0.4, 0.5) is 5.82 Å². The molecular weight excluding hydrogens is 423 g/mol. The van der Waals surface area contributed by atoms with Crippen LogP contribution >= 0.6 is 24.0 Å². The second kappa shape index (κ2) is 8.67. The molecule has 0 unspecified atom stereocenters. The summed E-state index contributed by atoms with van der Waals surface area (Å²) in [6.07, 6.45) is 0.940. The number of anilines is 1. The number of halogens is 2. The zero-order valence-electron chi connectivity index (χ0n) is 17.2. The Labute approximate surface area is 187 Å². The molecular formula is C21H26Cl2N6O. The molecule has 4 heterocycles. The van der Waals surface area contributed by atoms with Crippen LogP contribution in [0.15, 0.2) is 24.3 Å². The van der Waals surface area contributed by atoms with E-state index >= 15 is 0 Å². The van der Waals surface area contributed by atoms with E-state index in [0.29, 0.717) is 11.6 Å². The Hall–Kier alpha value is -1.93. The first-order valence-corrected chi connectivity index (χ1v) is 10.5. The zero-order valence-corrected chi connectivity index (χ0v) is 18.8. The molecule has 2 aromatic heterocycles. The van der Waals surface area contributed by atoms with Gasteiger partial charge in [-0.3, -0.25) is 0 Å². The number of hydrogen-bond acceptors (Lipinski definition) is 6. The minimum Gasteiger partial charge on any atom is -0.379 e. The summed E-state index contributed by atoms with van der Waals surface area (Å²) in [6, 6.07) is 8.06. The lowest BCUT2D eigenvalue weighted by Crippen LogP contribution is -2.45. The highest BCUT2D eigenvalue weighted by atomic mass is 35.5. The van der Waals surface area contributed by atoms with Crippen molar-refractivity contribution in [3.05, 3.63) is 35.1 Å². The maximum absolute atomic E-state index is 6.56. The summed E-state index contributed by atoms with van der Waals surface area (Å²) in [4.78, 5) is 19.4. The predicted molar refractivity (Wildman–Crippen MR) is 122 cm³/mol. The largest absolute Gasteiger partial charge is 0.379 e. The van der Waals surface area contributed by atoms with Crippen molar-refractivity contribution in [2.45, 2.75) is 19.4 Å². The Kier molecular flexibility index (Phi) is 6.16. The molecule has 5 rings (SSSR count). The number of hydrogen-bond donors (Lipinski definition) is 0. The van der Waals surface area contributed by atoms with Crippen LogP contribution in [0.3, 0.4) is 0 Å². The van der Waals surface area contributed by atoms with E-state index in [0.717, 1.165) is 73.4 Å². The average molecular weight is 449 g/mol. The van der Waals surface area contributed by atoms with Gasteiger partial charge in [0.25, 0.3) is 0 Å². The number of ether oxygens (including phenoxy) is 1. The first-order chi connectivity index (χ1) is 14.1. The van der Waals surface area contributed by atoms with E-state index in [1.54, 1.807) is 0 Å². The number of aromatic nitrogens is 4. The quantitative estimate of drug-likeness (QED) is 0.609. The molecule has 0 saturated carbocycles. The van der Waals surface area contributed by atoms with Crippen molar-refractivity contribution >= 4 is 41.0 Å². The highest BCUT2D eigenvalue weighted by Crippen LogP contribution is 2.36. The molecule has 1 atom stereocenters. The summed E-state index contributed by atoms with van der Waals surface area (Å²) < 4.78 is 7.92. The van der Waals surface area contributed by atoms with Crippen molar-refractivity contribution in [2.75, 3.05) is 51.3 Å². The highest BCUT2D eigenvalue weighted by Gasteiger charge is 2.29. The Bertz CT molecular complexity index is 1040. The van der Waals surface area contributed by atoms with E-state index in [1.165, 1.54) is 0 Å². The Morgan fingerprint density at radius 1 is 1.07 bits per heavy atom. The second-order valence-electron chi connectivity index (χ2n) is 7.86. The average Bonchev–Trinajstić information content (AvgIpc) is 3.36. The van der Waals surface area contributed by atoms with Crippen molar-refractivity contribution in [2.24, 2.45) is 0 Å². The van der Waals surface area contributed by atoms with Crippen molar-refractivity contribution < 1.29 is 4.74 Å². The standard InChI is InChI=1S/C21H25ClN6O.ClH/c1-14-23-20(27-10-8-26(2)9-11-27)18-21(24-14)28(15-7-12-29-13-15)19(25-18)16-5-3-4-6-17(16)22;/h3-6,15H,7-13H2,1-2H3;1H/t15-;/m1./s1. The Morgan fingerprint density at radius 2 is 1.83 bits per heavy atom. The molecule has 0 aliphatic carbocycles. The first kappa shape index (κ1) is 21.3. The molecule has 2 aliphatic heterocycles. The van der Waals surface area contributed by atoms with E-state index < -0.39 is 0 Å². The van der Waals surface area contributed by atoms with Gasteiger partial charge >= 0.3 is 0 Å². The molecule has 1 aromatic carbocycles. The topological polar surface area (TPSA) is 59.3 Å². The second-order valence-corrected chi connectivity index (χ2v) is 8.27. The molecule has 0 radical (unpaired) electrons.